The number of nitrogens with one attached hydrogen (secondary N) is 1. The van der Waals surface area contributed by atoms with Gasteiger partial charge < -0.3 is 24.4 Å². The van der Waals surface area contributed by atoms with Crippen LogP contribution in [0.3, 0.4) is 0 Å². The molecule has 2 aromatic rings. The number of anilines is 1. The molecule has 0 unspecified atom stereocenters. The van der Waals surface area contributed by atoms with Gasteiger partial charge in [0.15, 0.2) is 5.11 Å². The van der Waals surface area contributed by atoms with Crippen molar-refractivity contribution in [2.75, 3.05) is 58.9 Å². The van der Waals surface area contributed by atoms with Crippen LogP contribution >= 0.6 is 23.8 Å². The zero-order valence-electron chi connectivity index (χ0n) is 19.0. The largest absolute Gasteiger partial charge is 0.497 e. The summed E-state index contributed by atoms with van der Waals surface area (Å²) in [7, 11) is 3.32. The minimum absolute atomic E-state index is 0.627. The smallest absolute Gasteiger partial charge is 0.173 e. The van der Waals surface area contributed by atoms with Crippen LogP contribution in [-0.4, -0.2) is 68.5 Å². The first kappa shape index (κ1) is 24.6. The molecule has 1 aliphatic rings. The molecular weight excluding hydrogens is 446 g/mol. The molecular formula is C24H32ClN3O3S. The van der Waals surface area contributed by atoms with Gasteiger partial charge in [0.1, 0.15) is 11.5 Å². The Labute approximate surface area is 201 Å². The number of nitrogens with zero attached hydrogens (tertiary/aromatic N) is 2. The summed E-state index contributed by atoms with van der Waals surface area (Å²) in [6.07, 6.45) is 0.995. The highest BCUT2D eigenvalue weighted by Crippen LogP contribution is 2.26. The zero-order valence-corrected chi connectivity index (χ0v) is 20.6. The molecule has 174 valence electrons. The van der Waals surface area contributed by atoms with Crippen LogP contribution in [0.2, 0.25) is 5.02 Å². The fraction of sp³-hybridized carbons (Fsp3) is 0.458. The molecule has 0 aromatic heterocycles. The van der Waals surface area contributed by atoms with E-state index in [-0.39, 0.29) is 0 Å². The van der Waals surface area contributed by atoms with Crippen molar-refractivity contribution in [1.29, 1.82) is 0 Å². The van der Waals surface area contributed by atoms with Crippen LogP contribution in [0.15, 0.2) is 36.4 Å². The number of hydrogen-bond donors (Lipinski definition) is 1. The van der Waals surface area contributed by atoms with Crippen LogP contribution in [0.25, 0.3) is 0 Å². The summed E-state index contributed by atoms with van der Waals surface area (Å²) in [4.78, 5) is 4.61. The van der Waals surface area contributed by atoms with E-state index in [1.807, 2.05) is 43.3 Å². The highest BCUT2D eigenvalue weighted by atomic mass is 35.5. The lowest BCUT2D eigenvalue weighted by atomic mass is 10.1. The first-order valence-electron chi connectivity index (χ1n) is 10.8. The zero-order chi connectivity index (χ0) is 22.9. The molecule has 0 aliphatic carbocycles. The molecule has 0 radical (unpaired) electrons. The standard InChI is InChI=1S/C24H32ClN3O3S/c1-18-5-7-20(15-22(18)25)26-24(32)28(10-4-9-27-11-13-31-14-12-27)17-19-6-8-21(29-2)16-23(19)30-3/h5-8,15-16H,4,9-14,17H2,1-3H3,(H,26,32). The Morgan fingerprint density at radius 1 is 1.16 bits per heavy atom. The molecule has 1 aliphatic heterocycles. The Bertz CT molecular complexity index is 906. The predicted molar refractivity (Wildman–Crippen MR) is 134 cm³/mol. The van der Waals surface area contributed by atoms with Crippen molar-refractivity contribution in [1.82, 2.24) is 9.80 Å². The molecule has 32 heavy (non-hydrogen) atoms. The highest BCUT2D eigenvalue weighted by molar-refractivity contribution is 7.80. The second-order valence-electron chi connectivity index (χ2n) is 7.80. The van der Waals surface area contributed by atoms with Crippen molar-refractivity contribution in [2.24, 2.45) is 0 Å². The van der Waals surface area contributed by atoms with E-state index in [2.05, 4.69) is 15.1 Å². The summed E-state index contributed by atoms with van der Waals surface area (Å²) >= 11 is 12.1. The summed E-state index contributed by atoms with van der Waals surface area (Å²) in [5.74, 6) is 1.54. The van der Waals surface area contributed by atoms with Gasteiger partial charge in [-0.15, -0.1) is 0 Å². The molecule has 0 spiro atoms. The van der Waals surface area contributed by atoms with Crippen molar-refractivity contribution in [3.05, 3.63) is 52.5 Å². The predicted octanol–water partition coefficient (Wildman–Crippen LogP) is 4.59. The number of aryl methyl sites for hydroxylation is 1. The van der Waals surface area contributed by atoms with E-state index < -0.39 is 0 Å². The molecule has 0 saturated carbocycles. The fourth-order valence-corrected chi connectivity index (χ4v) is 4.08. The van der Waals surface area contributed by atoms with Crippen LogP contribution in [-0.2, 0) is 11.3 Å². The van der Waals surface area contributed by atoms with Crippen molar-refractivity contribution in [3.8, 4) is 11.5 Å². The molecule has 0 atom stereocenters. The molecule has 0 amide bonds. The minimum atomic E-state index is 0.627. The second-order valence-corrected chi connectivity index (χ2v) is 8.59. The molecule has 2 aromatic carbocycles. The monoisotopic (exact) mass is 477 g/mol. The van der Waals surface area contributed by atoms with Gasteiger partial charge in [0.2, 0.25) is 0 Å². The maximum absolute atomic E-state index is 6.30. The molecule has 1 N–H and O–H groups in total. The number of morpholine rings is 1. The average molecular weight is 478 g/mol. The van der Waals surface area contributed by atoms with Gasteiger partial charge in [0.05, 0.1) is 27.4 Å². The lowest BCUT2D eigenvalue weighted by Crippen LogP contribution is -2.40. The lowest BCUT2D eigenvalue weighted by Gasteiger charge is -2.30. The minimum Gasteiger partial charge on any atom is -0.497 e. The van der Waals surface area contributed by atoms with Crippen LogP contribution in [0.5, 0.6) is 11.5 Å². The van der Waals surface area contributed by atoms with E-state index in [9.17, 15) is 0 Å². The van der Waals surface area contributed by atoms with Gasteiger partial charge >= 0.3 is 0 Å². The third-order valence-electron chi connectivity index (χ3n) is 5.57. The molecule has 1 heterocycles. The van der Waals surface area contributed by atoms with E-state index >= 15 is 0 Å². The second kappa shape index (κ2) is 12.3. The Balaban J connectivity index is 1.71. The first-order chi connectivity index (χ1) is 15.5. The molecule has 8 heteroatoms. The maximum atomic E-state index is 6.30. The number of hydrogen-bond acceptors (Lipinski definition) is 5. The van der Waals surface area contributed by atoms with E-state index in [0.717, 1.165) is 74.1 Å². The van der Waals surface area contributed by atoms with Crippen molar-refractivity contribution in [2.45, 2.75) is 19.9 Å². The highest BCUT2D eigenvalue weighted by Gasteiger charge is 2.16. The average Bonchev–Trinajstić information content (AvgIpc) is 2.81. The Hall–Kier alpha value is -2.06. The third-order valence-corrected chi connectivity index (χ3v) is 6.34. The van der Waals surface area contributed by atoms with E-state index in [4.69, 9.17) is 38.0 Å². The SMILES string of the molecule is COc1ccc(CN(CCCN2CCOCC2)C(=S)Nc2ccc(C)c(Cl)c2)c(OC)c1. The third kappa shape index (κ3) is 6.97. The Morgan fingerprint density at radius 2 is 1.94 bits per heavy atom. The summed E-state index contributed by atoms with van der Waals surface area (Å²) in [5, 5.41) is 4.73. The van der Waals surface area contributed by atoms with E-state index in [1.54, 1.807) is 14.2 Å². The van der Waals surface area contributed by atoms with Gasteiger partial charge in [-0.2, -0.15) is 0 Å². The normalized spacial score (nSPS) is 14.1. The molecule has 0 bridgehead atoms. The van der Waals surface area contributed by atoms with Gasteiger partial charge in [0, 0.05) is 55.1 Å². The molecule has 1 fully saturated rings. The summed E-state index contributed by atoms with van der Waals surface area (Å²) < 4.78 is 16.4. The summed E-state index contributed by atoms with van der Waals surface area (Å²) in [6.45, 7) is 8.02. The number of ether oxygens (including phenoxy) is 3. The van der Waals surface area contributed by atoms with Gasteiger partial charge in [-0.3, -0.25) is 4.90 Å². The number of thiocarbonyl (C=S) groups is 1. The van der Waals surface area contributed by atoms with Crippen LogP contribution < -0.4 is 14.8 Å². The maximum Gasteiger partial charge on any atom is 0.173 e. The van der Waals surface area contributed by atoms with Gasteiger partial charge in [0.25, 0.3) is 0 Å². The number of halogens is 1. The molecule has 6 nitrogen and oxygen atoms in total. The van der Waals surface area contributed by atoms with Gasteiger partial charge in [-0.05, 0) is 55.4 Å². The van der Waals surface area contributed by atoms with Crippen molar-refractivity contribution >= 4 is 34.6 Å². The Kier molecular flexibility index (Phi) is 9.41. The topological polar surface area (TPSA) is 46.2 Å². The quantitative estimate of drug-likeness (QED) is 0.530. The van der Waals surface area contributed by atoms with Crippen LogP contribution in [0.4, 0.5) is 5.69 Å². The van der Waals surface area contributed by atoms with Crippen LogP contribution in [0.1, 0.15) is 17.5 Å². The number of rotatable bonds is 9. The fourth-order valence-electron chi connectivity index (χ4n) is 3.62. The number of methoxy groups -OCH3 is 2. The summed E-state index contributed by atoms with van der Waals surface area (Å²) in [6, 6.07) is 11.8. The summed E-state index contributed by atoms with van der Waals surface area (Å²) in [5.41, 5.74) is 2.96. The van der Waals surface area contributed by atoms with Gasteiger partial charge in [-0.25, -0.2) is 0 Å². The Morgan fingerprint density at radius 3 is 2.62 bits per heavy atom. The van der Waals surface area contributed by atoms with E-state index in [0.29, 0.717) is 16.7 Å². The molecule has 1 saturated heterocycles. The first-order valence-corrected chi connectivity index (χ1v) is 11.6. The number of benzene rings is 2. The molecule has 3 rings (SSSR count). The van der Waals surface area contributed by atoms with Crippen molar-refractivity contribution < 1.29 is 14.2 Å². The lowest BCUT2D eigenvalue weighted by molar-refractivity contribution is 0.0367. The van der Waals surface area contributed by atoms with E-state index in [1.165, 1.54) is 0 Å². The van der Waals surface area contributed by atoms with Gasteiger partial charge in [-0.1, -0.05) is 17.7 Å². The van der Waals surface area contributed by atoms with Crippen molar-refractivity contribution in [3.63, 3.8) is 0 Å². The van der Waals surface area contributed by atoms with Crippen LogP contribution in [0, 0.1) is 6.92 Å².